The lowest BCUT2D eigenvalue weighted by atomic mass is 10.1. The van der Waals surface area contributed by atoms with Crippen LogP contribution in [0.4, 0.5) is 0 Å². The van der Waals surface area contributed by atoms with Crippen LogP contribution < -0.4 is 5.32 Å². The van der Waals surface area contributed by atoms with Gasteiger partial charge in [-0.15, -0.1) is 0 Å². The molecule has 0 bridgehead atoms. The van der Waals surface area contributed by atoms with Gasteiger partial charge in [-0.2, -0.15) is 0 Å². The highest BCUT2D eigenvalue weighted by Crippen LogP contribution is 1.98. The number of nitrogens with one attached hydrogen (secondary N) is 1. The molecule has 0 spiro atoms. The van der Waals surface area contributed by atoms with Crippen LogP contribution in [0.5, 0.6) is 0 Å². The van der Waals surface area contributed by atoms with E-state index < -0.39 is 5.54 Å². The Morgan fingerprint density at radius 1 is 1.58 bits per heavy atom. The molecule has 0 aliphatic heterocycles. The highest BCUT2D eigenvalue weighted by atomic mass is 16.5. The molecule has 4 heteroatoms. The van der Waals surface area contributed by atoms with Gasteiger partial charge in [-0.05, 0) is 20.8 Å². The van der Waals surface area contributed by atoms with Crippen LogP contribution in [0.3, 0.4) is 0 Å². The summed E-state index contributed by atoms with van der Waals surface area (Å²) in [6.45, 7) is 5.82. The van der Waals surface area contributed by atoms with Gasteiger partial charge >= 0.3 is 0 Å². The van der Waals surface area contributed by atoms with Gasteiger partial charge in [0.25, 0.3) is 0 Å². The zero-order chi connectivity index (χ0) is 9.61. The Morgan fingerprint density at radius 3 is 2.58 bits per heavy atom. The number of amides is 1. The largest absolute Gasteiger partial charge is 0.394 e. The lowest BCUT2D eigenvalue weighted by Gasteiger charge is -2.23. The Hall–Kier alpha value is -0.610. The molecule has 0 heterocycles. The van der Waals surface area contributed by atoms with Crippen LogP contribution in [0, 0.1) is 0 Å². The fourth-order valence-corrected chi connectivity index (χ4v) is 0.648. The summed E-state index contributed by atoms with van der Waals surface area (Å²) in [5.74, 6) is -0.198. The van der Waals surface area contributed by atoms with Crippen LogP contribution in [-0.4, -0.2) is 36.4 Å². The second-order valence-electron chi connectivity index (χ2n) is 3.23. The van der Waals surface area contributed by atoms with E-state index in [1.807, 2.05) is 6.92 Å². The highest BCUT2D eigenvalue weighted by molar-refractivity contribution is 5.77. The Kier molecular flexibility index (Phi) is 4.85. The number of rotatable bonds is 5. The van der Waals surface area contributed by atoms with Crippen molar-refractivity contribution < 1.29 is 14.6 Å². The molecule has 0 saturated carbocycles. The number of hydrogen-bond acceptors (Lipinski definition) is 3. The number of aliphatic hydroxyl groups is 1. The molecule has 0 saturated heterocycles. The molecule has 0 atom stereocenters. The molecule has 0 aliphatic carbocycles. The van der Waals surface area contributed by atoms with Crippen molar-refractivity contribution in [3.63, 3.8) is 0 Å². The first-order chi connectivity index (χ1) is 5.52. The van der Waals surface area contributed by atoms with E-state index in [0.717, 1.165) is 0 Å². The molecule has 0 radical (unpaired) electrons. The lowest BCUT2D eigenvalue weighted by molar-refractivity contribution is -0.127. The summed E-state index contributed by atoms with van der Waals surface area (Å²) >= 11 is 0. The quantitative estimate of drug-likeness (QED) is 0.614. The van der Waals surface area contributed by atoms with Crippen LogP contribution in [0.1, 0.15) is 20.8 Å². The van der Waals surface area contributed by atoms with Crippen molar-refractivity contribution in [2.75, 3.05) is 19.8 Å². The van der Waals surface area contributed by atoms with Crippen LogP contribution in [0.2, 0.25) is 0 Å². The van der Waals surface area contributed by atoms with Crippen molar-refractivity contribution in [1.82, 2.24) is 5.32 Å². The molecule has 0 aliphatic rings. The summed E-state index contributed by atoms with van der Waals surface area (Å²) < 4.78 is 4.89. The molecule has 0 aromatic rings. The average molecular weight is 175 g/mol. The first-order valence-electron chi connectivity index (χ1n) is 4.01. The molecule has 0 unspecified atom stereocenters. The average Bonchev–Trinajstić information content (AvgIpc) is 2.00. The summed E-state index contributed by atoms with van der Waals surface area (Å²) in [6, 6.07) is 0. The van der Waals surface area contributed by atoms with Gasteiger partial charge in [-0.3, -0.25) is 4.79 Å². The second-order valence-corrected chi connectivity index (χ2v) is 3.23. The monoisotopic (exact) mass is 175 g/mol. The zero-order valence-electron chi connectivity index (χ0n) is 7.89. The third-order valence-corrected chi connectivity index (χ3v) is 1.31. The maximum absolute atomic E-state index is 11.0. The number of carbonyl (C=O) groups is 1. The Labute approximate surface area is 72.9 Å². The highest BCUT2D eigenvalue weighted by Gasteiger charge is 2.18. The second kappa shape index (κ2) is 5.11. The predicted octanol–water partition coefficient (Wildman–Crippen LogP) is -0.0900. The molecular formula is C8H17NO3. The van der Waals surface area contributed by atoms with Crippen molar-refractivity contribution in [2.24, 2.45) is 0 Å². The normalized spacial score (nSPS) is 11.3. The number of carbonyl (C=O) groups excluding carboxylic acids is 1. The minimum Gasteiger partial charge on any atom is -0.394 e. The molecule has 2 N–H and O–H groups in total. The Balaban J connectivity index is 3.68. The smallest absolute Gasteiger partial charge is 0.246 e. The Morgan fingerprint density at radius 2 is 2.17 bits per heavy atom. The van der Waals surface area contributed by atoms with Crippen LogP contribution in [0.15, 0.2) is 0 Å². The molecule has 0 aromatic carbocycles. The summed E-state index contributed by atoms with van der Waals surface area (Å²) in [7, 11) is 0. The maximum atomic E-state index is 11.0. The molecule has 0 rings (SSSR count). The standard InChI is InChI=1S/C8H17NO3/c1-4-12-5-7(11)9-8(2,3)6-10/h10H,4-6H2,1-3H3,(H,9,11). The summed E-state index contributed by atoms with van der Waals surface area (Å²) in [5.41, 5.74) is -0.561. The fraction of sp³-hybridized carbons (Fsp3) is 0.875. The number of aliphatic hydroxyl groups excluding tert-OH is 1. The number of ether oxygens (including phenoxy) is 1. The van der Waals surface area contributed by atoms with E-state index in [0.29, 0.717) is 6.61 Å². The zero-order valence-corrected chi connectivity index (χ0v) is 7.89. The van der Waals surface area contributed by atoms with Gasteiger partial charge in [0.2, 0.25) is 5.91 Å². The van der Waals surface area contributed by atoms with E-state index >= 15 is 0 Å². The van der Waals surface area contributed by atoms with E-state index in [-0.39, 0.29) is 19.1 Å². The molecule has 1 amide bonds. The predicted molar refractivity (Wildman–Crippen MR) is 45.8 cm³/mol. The summed E-state index contributed by atoms with van der Waals surface area (Å²) in [6.07, 6.45) is 0. The topological polar surface area (TPSA) is 58.6 Å². The van der Waals surface area contributed by atoms with E-state index in [1.165, 1.54) is 0 Å². The molecule has 0 aromatic heterocycles. The molecule has 0 fully saturated rings. The van der Waals surface area contributed by atoms with Crippen molar-refractivity contribution in [3.8, 4) is 0 Å². The fourth-order valence-electron chi connectivity index (χ4n) is 0.648. The van der Waals surface area contributed by atoms with Crippen LogP contribution in [-0.2, 0) is 9.53 Å². The van der Waals surface area contributed by atoms with Crippen molar-refractivity contribution in [2.45, 2.75) is 26.3 Å². The van der Waals surface area contributed by atoms with Crippen molar-refractivity contribution in [3.05, 3.63) is 0 Å². The van der Waals surface area contributed by atoms with Crippen molar-refractivity contribution in [1.29, 1.82) is 0 Å². The summed E-state index contributed by atoms with van der Waals surface area (Å²) in [5, 5.41) is 11.4. The molecule has 12 heavy (non-hydrogen) atoms. The third kappa shape index (κ3) is 5.09. The van der Waals surface area contributed by atoms with Crippen LogP contribution in [0.25, 0.3) is 0 Å². The SMILES string of the molecule is CCOCC(=O)NC(C)(C)CO. The van der Waals surface area contributed by atoms with Gasteiger partial charge in [0, 0.05) is 6.61 Å². The van der Waals surface area contributed by atoms with Crippen LogP contribution >= 0.6 is 0 Å². The maximum Gasteiger partial charge on any atom is 0.246 e. The van der Waals surface area contributed by atoms with Gasteiger partial charge in [0.05, 0.1) is 12.1 Å². The molecule has 72 valence electrons. The van der Waals surface area contributed by atoms with E-state index in [9.17, 15) is 4.79 Å². The third-order valence-electron chi connectivity index (χ3n) is 1.31. The minimum absolute atomic E-state index is 0.0555. The van der Waals surface area contributed by atoms with E-state index in [2.05, 4.69) is 5.32 Å². The van der Waals surface area contributed by atoms with Gasteiger partial charge in [-0.25, -0.2) is 0 Å². The van der Waals surface area contributed by atoms with Gasteiger partial charge < -0.3 is 15.2 Å². The van der Waals surface area contributed by atoms with E-state index in [4.69, 9.17) is 9.84 Å². The van der Waals surface area contributed by atoms with E-state index in [1.54, 1.807) is 13.8 Å². The van der Waals surface area contributed by atoms with Gasteiger partial charge in [0.15, 0.2) is 0 Å². The number of hydrogen-bond donors (Lipinski definition) is 2. The molecule has 4 nitrogen and oxygen atoms in total. The minimum atomic E-state index is -0.561. The van der Waals surface area contributed by atoms with Crippen molar-refractivity contribution >= 4 is 5.91 Å². The lowest BCUT2D eigenvalue weighted by Crippen LogP contribution is -2.47. The molecular weight excluding hydrogens is 158 g/mol. The summed E-state index contributed by atoms with van der Waals surface area (Å²) in [4.78, 5) is 11.0. The first kappa shape index (κ1) is 11.4. The first-order valence-corrected chi connectivity index (χ1v) is 4.01. The Bertz CT molecular complexity index is 145. The van der Waals surface area contributed by atoms with Gasteiger partial charge in [0.1, 0.15) is 6.61 Å². The van der Waals surface area contributed by atoms with Gasteiger partial charge in [-0.1, -0.05) is 0 Å².